The fourth-order valence-electron chi connectivity index (χ4n) is 1.71. The van der Waals surface area contributed by atoms with Crippen LogP contribution in [0.4, 0.5) is 0 Å². The van der Waals surface area contributed by atoms with Gasteiger partial charge in [0.15, 0.2) is 0 Å². The molecule has 0 aromatic rings. The van der Waals surface area contributed by atoms with Crippen LogP contribution in [0.2, 0.25) is 0 Å². The van der Waals surface area contributed by atoms with Crippen molar-refractivity contribution in [2.24, 2.45) is 11.5 Å². The van der Waals surface area contributed by atoms with Crippen LogP contribution in [0.25, 0.3) is 0 Å². The summed E-state index contributed by atoms with van der Waals surface area (Å²) < 4.78 is 0. The molecule has 1 unspecified atom stereocenters. The zero-order valence-corrected chi connectivity index (χ0v) is 8.98. The van der Waals surface area contributed by atoms with E-state index in [4.69, 9.17) is 11.5 Å². The lowest BCUT2D eigenvalue weighted by Crippen LogP contribution is -2.47. The number of unbranched alkanes of at least 4 members (excludes halogenated alkanes) is 1. The first-order valence-corrected chi connectivity index (χ1v) is 4.85. The zero-order valence-electron chi connectivity index (χ0n) is 8.98. The molecule has 12 heavy (non-hydrogen) atoms. The second kappa shape index (κ2) is 4.24. The van der Waals surface area contributed by atoms with Gasteiger partial charge in [-0.05, 0) is 33.6 Å². The summed E-state index contributed by atoms with van der Waals surface area (Å²) in [6.07, 6.45) is 4.37. The smallest absolute Gasteiger partial charge is 0.0143 e. The standard InChI is InChI=1S/C10H24N2/c1-5-6-7-10(4,12)8-9(2,3)11/h5-8,11-12H2,1-4H3. The zero-order chi connectivity index (χ0) is 9.83. The molecular formula is C10H24N2. The highest BCUT2D eigenvalue weighted by molar-refractivity contribution is 4.88. The molecule has 0 amide bonds. The molecule has 0 aliphatic heterocycles. The summed E-state index contributed by atoms with van der Waals surface area (Å²) >= 11 is 0. The predicted octanol–water partition coefficient (Wildman–Crippen LogP) is 2.02. The molecule has 0 fully saturated rings. The topological polar surface area (TPSA) is 52.0 Å². The lowest BCUT2D eigenvalue weighted by Gasteiger charge is -2.32. The molecular weight excluding hydrogens is 148 g/mol. The van der Waals surface area contributed by atoms with Crippen molar-refractivity contribution in [2.75, 3.05) is 0 Å². The van der Waals surface area contributed by atoms with Crippen LogP contribution in [-0.4, -0.2) is 11.1 Å². The van der Waals surface area contributed by atoms with Crippen LogP contribution >= 0.6 is 0 Å². The highest BCUT2D eigenvalue weighted by atomic mass is 14.8. The molecule has 0 saturated carbocycles. The fourth-order valence-corrected chi connectivity index (χ4v) is 1.71. The first kappa shape index (κ1) is 11.9. The van der Waals surface area contributed by atoms with Crippen molar-refractivity contribution in [1.29, 1.82) is 0 Å². The third kappa shape index (κ3) is 6.62. The summed E-state index contributed by atoms with van der Waals surface area (Å²) in [6.45, 7) is 8.34. The molecule has 0 radical (unpaired) electrons. The van der Waals surface area contributed by atoms with Crippen LogP contribution in [0, 0.1) is 0 Å². The van der Waals surface area contributed by atoms with Gasteiger partial charge >= 0.3 is 0 Å². The highest BCUT2D eigenvalue weighted by Crippen LogP contribution is 2.20. The van der Waals surface area contributed by atoms with E-state index in [1.807, 2.05) is 13.8 Å². The average Bonchev–Trinajstić information content (AvgIpc) is 1.78. The monoisotopic (exact) mass is 172 g/mol. The molecule has 4 N–H and O–H groups in total. The molecule has 0 aliphatic carbocycles. The van der Waals surface area contributed by atoms with Gasteiger partial charge in [0, 0.05) is 11.1 Å². The van der Waals surface area contributed by atoms with Crippen LogP contribution < -0.4 is 11.5 Å². The summed E-state index contributed by atoms with van der Waals surface area (Å²) in [6, 6.07) is 0. The molecule has 0 spiro atoms. The molecule has 0 aromatic heterocycles. The Labute approximate surface area is 76.7 Å². The summed E-state index contributed by atoms with van der Waals surface area (Å²) in [4.78, 5) is 0. The van der Waals surface area contributed by atoms with E-state index in [9.17, 15) is 0 Å². The van der Waals surface area contributed by atoms with Crippen LogP contribution in [0.3, 0.4) is 0 Å². The normalized spacial score (nSPS) is 17.5. The quantitative estimate of drug-likeness (QED) is 0.666. The van der Waals surface area contributed by atoms with Gasteiger partial charge < -0.3 is 11.5 Å². The van der Waals surface area contributed by atoms with Gasteiger partial charge in [0.25, 0.3) is 0 Å². The van der Waals surface area contributed by atoms with Gasteiger partial charge in [0.1, 0.15) is 0 Å². The van der Waals surface area contributed by atoms with E-state index >= 15 is 0 Å². The van der Waals surface area contributed by atoms with Crippen molar-refractivity contribution in [1.82, 2.24) is 0 Å². The molecule has 0 bridgehead atoms. The van der Waals surface area contributed by atoms with E-state index in [1.54, 1.807) is 0 Å². The minimum absolute atomic E-state index is 0.0890. The van der Waals surface area contributed by atoms with Crippen LogP contribution in [-0.2, 0) is 0 Å². The first-order valence-electron chi connectivity index (χ1n) is 4.85. The number of hydrogen-bond acceptors (Lipinski definition) is 2. The molecule has 74 valence electrons. The lowest BCUT2D eigenvalue weighted by molar-refractivity contribution is 0.306. The maximum absolute atomic E-state index is 6.11. The van der Waals surface area contributed by atoms with Crippen LogP contribution in [0.1, 0.15) is 53.4 Å². The minimum atomic E-state index is -0.142. The van der Waals surface area contributed by atoms with E-state index in [2.05, 4.69) is 13.8 Å². The van der Waals surface area contributed by atoms with E-state index in [-0.39, 0.29) is 11.1 Å². The lowest BCUT2D eigenvalue weighted by atomic mass is 9.83. The number of hydrogen-bond donors (Lipinski definition) is 2. The van der Waals surface area contributed by atoms with Gasteiger partial charge in [-0.2, -0.15) is 0 Å². The molecule has 0 aliphatic rings. The number of rotatable bonds is 5. The Kier molecular flexibility index (Phi) is 4.21. The Bertz CT molecular complexity index is 122. The van der Waals surface area contributed by atoms with Crippen molar-refractivity contribution >= 4 is 0 Å². The average molecular weight is 172 g/mol. The summed E-state index contributed by atoms with van der Waals surface area (Å²) in [5, 5.41) is 0. The molecule has 1 atom stereocenters. The minimum Gasteiger partial charge on any atom is -0.325 e. The Hall–Kier alpha value is -0.0800. The Morgan fingerprint density at radius 1 is 1.08 bits per heavy atom. The van der Waals surface area contributed by atoms with Gasteiger partial charge in [0.05, 0.1) is 0 Å². The Morgan fingerprint density at radius 2 is 1.58 bits per heavy atom. The molecule has 0 rings (SSSR count). The second-order valence-electron chi connectivity index (χ2n) is 4.92. The largest absolute Gasteiger partial charge is 0.325 e. The van der Waals surface area contributed by atoms with E-state index in [1.165, 1.54) is 12.8 Å². The van der Waals surface area contributed by atoms with E-state index < -0.39 is 0 Å². The summed E-state index contributed by atoms with van der Waals surface area (Å²) in [7, 11) is 0. The van der Waals surface area contributed by atoms with Crippen molar-refractivity contribution < 1.29 is 0 Å². The maximum Gasteiger partial charge on any atom is 0.0143 e. The molecule has 0 heterocycles. The molecule has 0 saturated heterocycles. The highest BCUT2D eigenvalue weighted by Gasteiger charge is 2.25. The van der Waals surface area contributed by atoms with Crippen molar-refractivity contribution in [2.45, 2.75) is 64.5 Å². The summed E-state index contributed by atoms with van der Waals surface area (Å²) in [5.74, 6) is 0. The van der Waals surface area contributed by atoms with Gasteiger partial charge in [-0.3, -0.25) is 0 Å². The third-order valence-corrected chi connectivity index (χ3v) is 1.96. The van der Waals surface area contributed by atoms with Crippen molar-refractivity contribution in [3.8, 4) is 0 Å². The van der Waals surface area contributed by atoms with Crippen LogP contribution in [0.5, 0.6) is 0 Å². The predicted molar refractivity (Wildman–Crippen MR) is 55.0 cm³/mol. The third-order valence-electron chi connectivity index (χ3n) is 1.96. The van der Waals surface area contributed by atoms with Gasteiger partial charge in [-0.1, -0.05) is 19.8 Å². The Morgan fingerprint density at radius 3 is 1.92 bits per heavy atom. The summed E-state index contributed by atoms with van der Waals surface area (Å²) in [5.41, 5.74) is 11.8. The molecule has 2 nitrogen and oxygen atoms in total. The van der Waals surface area contributed by atoms with Gasteiger partial charge in [-0.25, -0.2) is 0 Å². The number of nitrogens with two attached hydrogens (primary N) is 2. The van der Waals surface area contributed by atoms with Crippen molar-refractivity contribution in [3.63, 3.8) is 0 Å². The van der Waals surface area contributed by atoms with Gasteiger partial charge in [-0.15, -0.1) is 0 Å². The molecule has 0 aromatic carbocycles. The molecule has 2 heteroatoms. The van der Waals surface area contributed by atoms with E-state index in [0.717, 1.165) is 12.8 Å². The maximum atomic E-state index is 6.11. The first-order chi connectivity index (χ1) is 5.27. The van der Waals surface area contributed by atoms with Crippen molar-refractivity contribution in [3.05, 3.63) is 0 Å². The second-order valence-corrected chi connectivity index (χ2v) is 4.92. The fraction of sp³-hybridized carbons (Fsp3) is 1.00. The van der Waals surface area contributed by atoms with Crippen LogP contribution in [0.15, 0.2) is 0 Å². The Balaban J connectivity index is 3.86. The van der Waals surface area contributed by atoms with E-state index in [0.29, 0.717) is 0 Å². The van der Waals surface area contributed by atoms with Gasteiger partial charge in [0.2, 0.25) is 0 Å². The SMILES string of the molecule is CCCCC(C)(N)CC(C)(C)N.